The van der Waals surface area contributed by atoms with Crippen molar-refractivity contribution in [3.63, 3.8) is 0 Å². The number of aryl methyl sites for hydroxylation is 1. The number of nitrogens with zero attached hydrogens (tertiary/aromatic N) is 2. The molecule has 47 heavy (non-hydrogen) atoms. The van der Waals surface area contributed by atoms with Crippen LogP contribution in [0.5, 0.6) is 0 Å². The molecule has 0 radical (unpaired) electrons. The van der Waals surface area contributed by atoms with Crippen molar-refractivity contribution in [2.24, 2.45) is 5.41 Å². The Morgan fingerprint density at radius 3 is 2.30 bits per heavy atom. The van der Waals surface area contributed by atoms with Crippen molar-refractivity contribution in [3.05, 3.63) is 102 Å². The smallest absolute Gasteiger partial charge is 0.278 e. The van der Waals surface area contributed by atoms with Crippen molar-refractivity contribution in [2.75, 3.05) is 33.9 Å². The van der Waals surface area contributed by atoms with Gasteiger partial charge in [-0.05, 0) is 33.3 Å². The van der Waals surface area contributed by atoms with Crippen molar-refractivity contribution in [1.29, 1.82) is 0 Å². The van der Waals surface area contributed by atoms with Crippen molar-refractivity contribution in [2.45, 2.75) is 59.0 Å². The van der Waals surface area contributed by atoms with E-state index < -0.39 is 35.7 Å². The number of amides is 3. The maximum absolute atomic E-state index is 12.8. The average Bonchev–Trinajstić information content (AvgIpc) is 3.46. The van der Waals surface area contributed by atoms with Crippen LogP contribution in [-0.2, 0) is 25.5 Å². The SMILES string of the molecule is COC(C)CN(C)C(=O)C(O)(CO)NC(=O)/C=C/C=C/C=C/C=C\CNC(=O)C(C)(C)C(O)\C(C)=C/C=C\C=C\Cc1cnc(C)o1. The number of aliphatic hydroxyl groups excluding tert-OH is 2. The van der Waals surface area contributed by atoms with Gasteiger partial charge in [-0.3, -0.25) is 14.4 Å². The topological polar surface area (TPSA) is 174 Å². The van der Waals surface area contributed by atoms with Crippen molar-refractivity contribution >= 4 is 17.7 Å². The molecule has 12 heteroatoms. The normalized spacial score (nSPS) is 15.7. The molecule has 3 unspecified atom stereocenters. The van der Waals surface area contributed by atoms with Gasteiger partial charge in [0.2, 0.25) is 17.5 Å². The van der Waals surface area contributed by atoms with Crippen LogP contribution in [0.25, 0.3) is 0 Å². The van der Waals surface area contributed by atoms with Gasteiger partial charge in [0.15, 0.2) is 5.89 Å². The first kappa shape index (κ1) is 40.7. The number of ether oxygens (including phenoxy) is 1. The molecular formula is C35H50N4O8. The Hall–Kier alpha value is -4.36. The quantitative estimate of drug-likeness (QED) is 0.0854. The molecule has 0 fully saturated rings. The summed E-state index contributed by atoms with van der Waals surface area (Å²) in [4.78, 5) is 42.6. The molecule has 12 nitrogen and oxygen atoms in total. The Morgan fingerprint density at radius 1 is 1.06 bits per heavy atom. The molecule has 0 spiro atoms. The van der Waals surface area contributed by atoms with E-state index in [9.17, 15) is 29.7 Å². The number of carbonyl (C=O) groups is 3. The summed E-state index contributed by atoms with van der Waals surface area (Å²) in [5.74, 6) is -0.539. The summed E-state index contributed by atoms with van der Waals surface area (Å²) in [6.45, 7) is 8.07. The van der Waals surface area contributed by atoms with E-state index in [2.05, 4.69) is 15.6 Å². The van der Waals surface area contributed by atoms with Gasteiger partial charge in [0.1, 0.15) is 12.4 Å². The van der Waals surface area contributed by atoms with E-state index in [4.69, 9.17) is 9.15 Å². The maximum Gasteiger partial charge on any atom is 0.278 e. The summed E-state index contributed by atoms with van der Waals surface area (Å²) in [7, 11) is 2.90. The van der Waals surface area contributed by atoms with E-state index >= 15 is 0 Å². The fraction of sp³-hybridized carbons (Fsp3) is 0.429. The summed E-state index contributed by atoms with van der Waals surface area (Å²) in [6, 6.07) is 0. The third-order valence-electron chi connectivity index (χ3n) is 6.92. The molecule has 3 atom stereocenters. The predicted molar refractivity (Wildman–Crippen MR) is 181 cm³/mol. The van der Waals surface area contributed by atoms with E-state index in [0.29, 0.717) is 17.9 Å². The summed E-state index contributed by atoms with van der Waals surface area (Å²) in [6.07, 6.45) is 22.8. The van der Waals surface area contributed by atoms with Crippen LogP contribution in [0.3, 0.4) is 0 Å². The first-order chi connectivity index (χ1) is 22.2. The Bertz CT molecular complexity index is 1370. The maximum atomic E-state index is 12.8. The first-order valence-corrected chi connectivity index (χ1v) is 15.2. The van der Waals surface area contributed by atoms with Crippen LogP contribution >= 0.6 is 0 Å². The molecule has 1 rings (SSSR count). The van der Waals surface area contributed by atoms with E-state index in [-0.39, 0.29) is 25.1 Å². The number of aliphatic hydroxyl groups is 3. The summed E-state index contributed by atoms with van der Waals surface area (Å²) >= 11 is 0. The van der Waals surface area contributed by atoms with Crippen molar-refractivity contribution in [1.82, 2.24) is 20.5 Å². The molecule has 1 heterocycles. The number of aromatic nitrogens is 1. The molecule has 3 amide bonds. The zero-order valence-electron chi connectivity index (χ0n) is 28.3. The zero-order chi connectivity index (χ0) is 35.5. The second-order valence-corrected chi connectivity index (χ2v) is 11.4. The first-order valence-electron chi connectivity index (χ1n) is 15.2. The Morgan fingerprint density at radius 2 is 1.68 bits per heavy atom. The second kappa shape index (κ2) is 20.7. The highest BCUT2D eigenvalue weighted by Crippen LogP contribution is 2.26. The van der Waals surface area contributed by atoms with Gasteiger partial charge in [0, 0.05) is 46.7 Å². The average molecular weight is 655 g/mol. The number of methoxy groups -OCH3 is 1. The Balaban J connectivity index is 2.49. The van der Waals surface area contributed by atoms with Crippen LogP contribution in [0.4, 0.5) is 0 Å². The summed E-state index contributed by atoms with van der Waals surface area (Å²) in [5, 5.41) is 35.7. The minimum absolute atomic E-state index is 0.155. The molecule has 258 valence electrons. The molecule has 0 saturated heterocycles. The van der Waals surface area contributed by atoms with Crippen LogP contribution in [0.2, 0.25) is 0 Å². The fourth-order valence-corrected chi connectivity index (χ4v) is 4.01. The molecule has 0 aromatic carbocycles. The van der Waals surface area contributed by atoms with Gasteiger partial charge in [-0.15, -0.1) is 0 Å². The van der Waals surface area contributed by atoms with Crippen molar-refractivity contribution < 1.29 is 38.9 Å². The van der Waals surface area contributed by atoms with Gasteiger partial charge in [0.05, 0.1) is 23.8 Å². The minimum Gasteiger partial charge on any atom is -0.446 e. The van der Waals surface area contributed by atoms with E-state index in [1.807, 2.05) is 18.2 Å². The van der Waals surface area contributed by atoms with Gasteiger partial charge in [-0.1, -0.05) is 72.9 Å². The predicted octanol–water partition coefficient (Wildman–Crippen LogP) is 2.60. The van der Waals surface area contributed by atoms with E-state index in [0.717, 1.165) is 16.7 Å². The molecule has 0 aliphatic heterocycles. The van der Waals surface area contributed by atoms with E-state index in [1.165, 1.54) is 20.2 Å². The highest BCUT2D eigenvalue weighted by Gasteiger charge is 2.39. The summed E-state index contributed by atoms with van der Waals surface area (Å²) < 4.78 is 10.5. The lowest BCUT2D eigenvalue weighted by Crippen LogP contribution is -2.61. The molecule has 0 bridgehead atoms. The Labute approximate surface area is 277 Å². The van der Waals surface area contributed by atoms with Gasteiger partial charge < -0.3 is 40.0 Å². The third-order valence-corrected chi connectivity index (χ3v) is 6.92. The number of nitrogens with one attached hydrogen (secondary N) is 2. The third kappa shape index (κ3) is 14.7. The van der Waals surface area contributed by atoms with Gasteiger partial charge in [0.25, 0.3) is 5.91 Å². The zero-order valence-corrected chi connectivity index (χ0v) is 28.3. The number of carbonyl (C=O) groups excluding carboxylic acids is 3. The van der Waals surface area contributed by atoms with Gasteiger partial charge in [-0.25, -0.2) is 4.98 Å². The van der Waals surface area contributed by atoms with Crippen LogP contribution in [0.1, 0.15) is 39.3 Å². The minimum atomic E-state index is -2.47. The fourth-order valence-electron chi connectivity index (χ4n) is 4.01. The van der Waals surface area contributed by atoms with Gasteiger partial charge in [-0.2, -0.15) is 0 Å². The number of allylic oxidation sites excluding steroid dienone is 11. The molecule has 0 aliphatic carbocycles. The van der Waals surface area contributed by atoms with Gasteiger partial charge >= 0.3 is 0 Å². The lowest BCUT2D eigenvalue weighted by atomic mass is 9.81. The highest BCUT2D eigenvalue weighted by molar-refractivity contribution is 5.94. The number of hydrogen-bond donors (Lipinski definition) is 5. The molecule has 0 aliphatic rings. The van der Waals surface area contributed by atoms with E-state index in [1.54, 1.807) is 89.4 Å². The molecular weight excluding hydrogens is 604 g/mol. The van der Waals surface area contributed by atoms with Crippen LogP contribution in [-0.4, -0.2) is 94.7 Å². The van der Waals surface area contributed by atoms with Crippen LogP contribution in [0, 0.1) is 12.3 Å². The molecule has 5 N–H and O–H groups in total. The van der Waals surface area contributed by atoms with Crippen LogP contribution in [0.15, 0.2) is 95.2 Å². The van der Waals surface area contributed by atoms with Crippen LogP contribution < -0.4 is 10.6 Å². The number of likely N-dealkylation sites (N-methyl/N-ethyl adjacent to an activating group) is 1. The molecule has 1 aromatic heterocycles. The number of rotatable bonds is 19. The lowest BCUT2D eigenvalue weighted by molar-refractivity contribution is -0.163. The van der Waals surface area contributed by atoms with Crippen molar-refractivity contribution in [3.8, 4) is 0 Å². The molecule has 0 saturated carbocycles. The standard InChI is InChI=1S/C35H50N4O8/c1-26(19-15-12-13-16-20-29-23-37-28(3)47-29)31(42)34(4,5)32(43)36-22-18-14-10-8-9-11-17-21-30(41)38-35(45,25-40)33(44)39(6)24-27(2)46-7/h8-19,21,23,27,31,40,42,45H,20,22,24-25H2,1-7H3,(H,36,43)(H,38,41)/b10-8+,11-9+,15-12-,16-13+,18-14-,21-17+,26-19-. The lowest BCUT2D eigenvalue weighted by Gasteiger charge is -2.31. The molecule has 1 aromatic rings. The summed E-state index contributed by atoms with van der Waals surface area (Å²) in [5.41, 5.74) is -2.88. The second-order valence-electron chi connectivity index (χ2n) is 11.4. The largest absolute Gasteiger partial charge is 0.446 e. The highest BCUT2D eigenvalue weighted by atomic mass is 16.5. The number of oxazole rings is 1. The Kier molecular flexibility index (Phi) is 17.9. The number of hydrogen-bond acceptors (Lipinski definition) is 9. The monoisotopic (exact) mass is 654 g/mol.